The molecule has 1 aromatic carbocycles. The predicted octanol–water partition coefficient (Wildman–Crippen LogP) is 2.13. The van der Waals surface area contributed by atoms with Crippen LogP contribution in [0.5, 0.6) is 0 Å². The van der Waals surface area contributed by atoms with E-state index < -0.39 is 11.9 Å². The van der Waals surface area contributed by atoms with Gasteiger partial charge < -0.3 is 10.1 Å². The summed E-state index contributed by atoms with van der Waals surface area (Å²) in [6, 6.07) is 9.42. The number of hydrogen-bond donors (Lipinski definition) is 1. The van der Waals surface area contributed by atoms with Crippen molar-refractivity contribution in [2.45, 2.75) is 13.0 Å². The van der Waals surface area contributed by atoms with Gasteiger partial charge in [-0.25, -0.2) is 0 Å². The van der Waals surface area contributed by atoms with Gasteiger partial charge in [-0.3, -0.25) is 14.3 Å². The van der Waals surface area contributed by atoms with Crippen molar-refractivity contribution in [2.24, 2.45) is 0 Å². The summed E-state index contributed by atoms with van der Waals surface area (Å²) in [4.78, 5) is 23.6. The molecule has 1 aromatic heterocycles. The van der Waals surface area contributed by atoms with Crippen LogP contribution in [0.1, 0.15) is 16.8 Å². The van der Waals surface area contributed by atoms with E-state index in [2.05, 4.69) is 31.1 Å². The summed E-state index contributed by atoms with van der Waals surface area (Å²) in [6.45, 7) is 0.151. The molecule has 1 heterocycles. The Kier molecular flexibility index (Phi) is 6.09. The number of amides is 1. The van der Waals surface area contributed by atoms with Crippen molar-refractivity contribution in [1.82, 2.24) is 15.1 Å². The molecule has 0 atom stereocenters. The smallest absolute Gasteiger partial charge is 0.325 e. The highest BCUT2D eigenvalue weighted by atomic mass is 79.9. The molecular weight excluding hydrogens is 376 g/mol. The molecule has 0 saturated heterocycles. The molecule has 0 unspecified atom stereocenters. The van der Waals surface area contributed by atoms with Gasteiger partial charge in [0.25, 0.3) is 5.91 Å². The van der Waals surface area contributed by atoms with Gasteiger partial charge in [-0.05, 0) is 12.1 Å². The number of aryl methyl sites for hydroxylation is 1. The van der Waals surface area contributed by atoms with Gasteiger partial charge in [0, 0.05) is 16.2 Å². The summed E-state index contributed by atoms with van der Waals surface area (Å²) >= 11 is 3.39. The number of ether oxygens (including phenoxy) is 1. The fraction of sp³-hybridized carbons (Fsp3) is 0.250. The maximum absolute atomic E-state index is 12.4. The van der Waals surface area contributed by atoms with Gasteiger partial charge in [-0.1, -0.05) is 28.1 Å². The topological polar surface area (TPSA) is 97.0 Å². The fourth-order valence-corrected chi connectivity index (χ4v) is 2.43. The quantitative estimate of drug-likeness (QED) is 0.761. The lowest BCUT2D eigenvalue weighted by molar-refractivity contribution is -0.139. The molecular formula is C16H15BrN4O3. The normalized spacial score (nSPS) is 10.0. The number of benzene rings is 1. The molecule has 0 aliphatic rings. The number of halogens is 1. The summed E-state index contributed by atoms with van der Waals surface area (Å²) in [5, 5.41) is 15.6. The monoisotopic (exact) mass is 390 g/mol. The molecule has 0 bridgehead atoms. The molecule has 0 aliphatic carbocycles. The van der Waals surface area contributed by atoms with E-state index in [-0.39, 0.29) is 13.0 Å². The van der Waals surface area contributed by atoms with Crippen LogP contribution in [0.3, 0.4) is 0 Å². The van der Waals surface area contributed by atoms with Gasteiger partial charge in [0.15, 0.2) is 0 Å². The first kappa shape index (κ1) is 17.7. The average Bonchev–Trinajstić information content (AvgIpc) is 3.01. The molecule has 8 heteroatoms. The highest BCUT2D eigenvalue weighted by Gasteiger charge is 2.18. The third kappa shape index (κ3) is 4.43. The van der Waals surface area contributed by atoms with Crippen molar-refractivity contribution in [1.29, 1.82) is 5.26 Å². The number of hydrogen-bond acceptors (Lipinski definition) is 5. The number of nitrogens with one attached hydrogen (secondary N) is 1. The van der Waals surface area contributed by atoms with Crippen molar-refractivity contribution in [3.8, 4) is 17.3 Å². The van der Waals surface area contributed by atoms with E-state index in [4.69, 9.17) is 5.26 Å². The van der Waals surface area contributed by atoms with E-state index in [1.807, 2.05) is 30.3 Å². The number of nitrogens with zero attached hydrogens (tertiary/aromatic N) is 3. The van der Waals surface area contributed by atoms with Crippen molar-refractivity contribution in [3.05, 3.63) is 40.5 Å². The Morgan fingerprint density at radius 3 is 2.92 bits per heavy atom. The lowest BCUT2D eigenvalue weighted by Crippen LogP contribution is -2.30. The lowest BCUT2D eigenvalue weighted by atomic mass is 10.1. The summed E-state index contributed by atoms with van der Waals surface area (Å²) in [6.07, 6.45) is 1.85. The Morgan fingerprint density at radius 1 is 1.46 bits per heavy atom. The summed E-state index contributed by atoms with van der Waals surface area (Å²) in [5.41, 5.74) is 1.56. The summed E-state index contributed by atoms with van der Waals surface area (Å²) in [5.74, 6) is -0.970. The van der Waals surface area contributed by atoms with Crippen molar-refractivity contribution < 1.29 is 14.3 Å². The number of methoxy groups -OCH3 is 1. The second-order valence-corrected chi connectivity index (χ2v) is 5.75. The second-order valence-electron chi connectivity index (χ2n) is 4.83. The van der Waals surface area contributed by atoms with E-state index in [1.165, 1.54) is 7.11 Å². The highest BCUT2D eigenvalue weighted by molar-refractivity contribution is 9.10. The standard InChI is InChI=1S/C16H15BrN4O3/c1-24-14(22)9-19-16(23)13-10-21(7-3-6-18)20-15(13)11-4-2-5-12(17)8-11/h2,4-5,8,10H,3,7,9H2,1H3,(H,19,23). The van der Waals surface area contributed by atoms with Crippen LogP contribution in [0.4, 0.5) is 0 Å². The molecule has 2 aromatic rings. The Bertz CT molecular complexity index is 795. The Labute approximate surface area is 147 Å². The number of aromatic nitrogens is 2. The minimum absolute atomic E-state index is 0.226. The minimum Gasteiger partial charge on any atom is -0.468 e. The van der Waals surface area contributed by atoms with Gasteiger partial charge in [0.2, 0.25) is 0 Å². The zero-order valence-corrected chi connectivity index (χ0v) is 14.5. The molecule has 1 amide bonds. The van der Waals surface area contributed by atoms with E-state index in [9.17, 15) is 9.59 Å². The first-order valence-corrected chi connectivity index (χ1v) is 7.89. The van der Waals surface area contributed by atoms with Crippen LogP contribution >= 0.6 is 15.9 Å². The van der Waals surface area contributed by atoms with Gasteiger partial charge in [0.05, 0.1) is 31.7 Å². The van der Waals surface area contributed by atoms with Crippen molar-refractivity contribution >= 4 is 27.8 Å². The van der Waals surface area contributed by atoms with Crippen LogP contribution in [0.2, 0.25) is 0 Å². The Morgan fingerprint density at radius 2 is 2.25 bits per heavy atom. The molecule has 0 saturated carbocycles. The maximum Gasteiger partial charge on any atom is 0.325 e. The number of esters is 1. The Hall–Kier alpha value is -2.66. The van der Waals surface area contributed by atoms with Crippen LogP contribution in [0.15, 0.2) is 34.9 Å². The molecule has 124 valence electrons. The third-order valence-electron chi connectivity index (χ3n) is 3.18. The SMILES string of the molecule is COC(=O)CNC(=O)c1cn(CCC#N)nc1-c1cccc(Br)c1. The molecule has 0 fully saturated rings. The van der Waals surface area contributed by atoms with Crippen LogP contribution in [-0.2, 0) is 16.1 Å². The zero-order valence-electron chi connectivity index (χ0n) is 13.0. The van der Waals surface area contributed by atoms with Crippen molar-refractivity contribution in [3.63, 3.8) is 0 Å². The lowest BCUT2D eigenvalue weighted by Gasteiger charge is -2.04. The van der Waals surface area contributed by atoms with Gasteiger partial charge in [0.1, 0.15) is 12.2 Å². The highest BCUT2D eigenvalue weighted by Crippen LogP contribution is 2.25. The predicted molar refractivity (Wildman–Crippen MR) is 89.9 cm³/mol. The zero-order chi connectivity index (χ0) is 17.5. The second kappa shape index (κ2) is 8.26. The van der Waals surface area contributed by atoms with Crippen LogP contribution in [-0.4, -0.2) is 35.3 Å². The number of carbonyl (C=O) groups is 2. The molecule has 2 rings (SSSR count). The Balaban J connectivity index is 2.33. The molecule has 1 N–H and O–H groups in total. The number of nitriles is 1. The van der Waals surface area contributed by atoms with E-state index in [0.717, 1.165) is 10.0 Å². The number of rotatable bonds is 6. The maximum atomic E-state index is 12.4. The van der Waals surface area contributed by atoms with Gasteiger partial charge in [-0.2, -0.15) is 10.4 Å². The van der Waals surface area contributed by atoms with E-state index >= 15 is 0 Å². The number of carbonyl (C=O) groups excluding carboxylic acids is 2. The third-order valence-corrected chi connectivity index (χ3v) is 3.67. The first-order valence-electron chi connectivity index (χ1n) is 7.10. The van der Waals surface area contributed by atoms with Crippen LogP contribution < -0.4 is 5.32 Å². The molecule has 0 radical (unpaired) electrons. The summed E-state index contributed by atoms with van der Waals surface area (Å²) < 4.78 is 6.91. The minimum atomic E-state index is -0.538. The van der Waals surface area contributed by atoms with Crippen molar-refractivity contribution in [2.75, 3.05) is 13.7 Å². The molecule has 0 spiro atoms. The molecule has 24 heavy (non-hydrogen) atoms. The fourth-order valence-electron chi connectivity index (χ4n) is 2.04. The van der Waals surface area contributed by atoms with Gasteiger partial charge in [-0.15, -0.1) is 0 Å². The summed E-state index contributed by atoms with van der Waals surface area (Å²) in [7, 11) is 1.25. The average molecular weight is 391 g/mol. The van der Waals surface area contributed by atoms with Crippen LogP contribution in [0.25, 0.3) is 11.3 Å². The largest absolute Gasteiger partial charge is 0.468 e. The van der Waals surface area contributed by atoms with Crippen LogP contribution in [0, 0.1) is 11.3 Å². The van der Waals surface area contributed by atoms with E-state index in [1.54, 1.807) is 10.9 Å². The molecule has 0 aliphatic heterocycles. The van der Waals surface area contributed by atoms with E-state index in [0.29, 0.717) is 17.8 Å². The molecule has 7 nitrogen and oxygen atoms in total. The first-order chi connectivity index (χ1) is 11.5. The van der Waals surface area contributed by atoms with Gasteiger partial charge >= 0.3 is 5.97 Å².